The maximum absolute atomic E-state index is 12.9. The molecular weight excluding hydrogens is 366 g/mol. The molecule has 4 nitrogen and oxygen atoms in total. The highest BCUT2D eigenvalue weighted by atomic mass is 32.1. The Bertz CT molecular complexity index is 934. The van der Waals surface area contributed by atoms with Gasteiger partial charge in [-0.15, -0.1) is 11.3 Å². The molecule has 4 rings (SSSR count). The molecule has 2 aromatic carbocycles. The number of hydrogen-bond acceptors (Lipinski definition) is 4. The second-order valence-electron chi connectivity index (χ2n) is 7.56. The average Bonchev–Trinajstić information content (AvgIpc) is 3.38. The minimum absolute atomic E-state index is 0.0265. The van der Waals surface area contributed by atoms with Crippen LogP contribution in [0.2, 0.25) is 0 Å². The van der Waals surface area contributed by atoms with Gasteiger partial charge in [-0.25, -0.2) is 4.98 Å². The number of carbonyl (C=O) groups excluding carboxylic acids is 1. The van der Waals surface area contributed by atoms with Crippen molar-refractivity contribution < 1.29 is 4.79 Å². The third-order valence-corrected chi connectivity index (χ3v) is 6.06. The first-order valence-electron chi connectivity index (χ1n) is 9.77. The number of nitrogens with zero attached hydrogens (tertiary/aromatic N) is 2. The SMILES string of the molecule is CC(C)c1ccc(-c2nc(C(=O)N3CCC(Nc4ccccc4)C3)cs2)cc1. The summed E-state index contributed by atoms with van der Waals surface area (Å²) < 4.78 is 0. The molecule has 1 saturated heterocycles. The lowest BCUT2D eigenvalue weighted by Gasteiger charge is -2.16. The van der Waals surface area contributed by atoms with Gasteiger partial charge in [-0.1, -0.05) is 56.3 Å². The molecule has 1 fully saturated rings. The first-order chi connectivity index (χ1) is 13.6. The molecule has 0 bridgehead atoms. The van der Waals surface area contributed by atoms with Crippen molar-refractivity contribution in [3.8, 4) is 10.6 Å². The third-order valence-electron chi connectivity index (χ3n) is 5.17. The molecule has 1 N–H and O–H groups in total. The molecular formula is C23H25N3OS. The molecule has 1 aromatic heterocycles. The molecule has 1 atom stereocenters. The number of anilines is 1. The Balaban J connectivity index is 1.40. The van der Waals surface area contributed by atoms with Crippen LogP contribution in [0.1, 0.15) is 42.2 Å². The highest BCUT2D eigenvalue weighted by Gasteiger charge is 2.28. The molecule has 0 spiro atoms. The van der Waals surface area contributed by atoms with Crippen LogP contribution in [-0.2, 0) is 0 Å². The van der Waals surface area contributed by atoms with E-state index in [1.54, 1.807) is 0 Å². The number of thiazole rings is 1. The number of para-hydroxylation sites is 1. The van der Waals surface area contributed by atoms with E-state index in [-0.39, 0.29) is 11.9 Å². The van der Waals surface area contributed by atoms with Crippen LogP contribution in [0.4, 0.5) is 5.69 Å². The van der Waals surface area contributed by atoms with Crippen LogP contribution in [0, 0.1) is 0 Å². The molecule has 5 heteroatoms. The Morgan fingerprint density at radius 1 is 1.14 bits per heavy atom. The van der Waals surface area contributed by atoms with Crippen LogP contribution in [-0.4, -0.2) is 34.9 Å². The van der Waals surface area contributed by atoms with Crippen LogP contribution >= 0.6 is 11.3 Å². The minimum Gasteiger partial charge on any atom is -0.380 e. The van der Waals surface area contributed by atoms with E-state index in [1.165, 1.54) is 16.9 Å². The fourth-order valence-corrected chi connectivity index (χ4v) is 4.31. The fourth-order valence-electron chi connectivity index (χ4n) is 3.51. The topological polar surface area (TPSA) is 45.2 Å². The van der Waals surface area contributed by atoms with Crippen molar-refractivity contribution in [1.82, 2.24) is 9.88 Å². The third kappa shape index (κ3) is 4.09. The summed E-state index contributed by atoms with van der Waals surface area (Å²) in [6.07, 6.45) is 0.953. The van der Waals surface area contributed by atoms with Crippen molar-refractivity contribution in [2.75, 3.05) is 18.4 Å². The summed E-state index contributed by atoms with van der Waals surface area (Å²) in [7, 11) is 0. The monoisotopic (exact) mass is 391 g/mol. The number of carbonyl (C=O) groups is 1. The number of amides is 1. The number of benzene rings is 2. The molecule has 144 valence electrons. The Morgan fingerprint density at radius 3 is 2.61 bits per heavy atom. The average molecular weight is 392 g/mol. The van der Waals surface area contributed by atoms with Crippen molar-refractivity contribution in [3.63, 3.8) is 0 Å². The van der Waals surface area contributed by atoms with E-state index in [4.69, 9.17) is 0 Å². The zero-order valence-corrected chi connectivity index (χ0v) is 17.1. The second kappa shape index (κ2) is 8.15. The number of hydrogen-bond donors (Lipinski definition) is 1. The molecule has 1 aliphatic rings. The number of likely N-dealkylation sites (tertiary alicyclic amines) is 1. The maximum Gasteiger partial charge on any atom is 0.273 e. The lowest BCUT2D eigenvalue weighted by molar-refractivity contribution is 0.0786. The predicted octanol–water partition coefficient (Wildman–Crippen LogP) is 5.26. The van der Waals surface area contributed by atoms with Gasteiger partial charge < -0.3 is 10.2 Å². The largest absolute Gasteiger partial charge is 0.380 e. The van der Waals surface area contributed by atoms with Gasteiger partial charge in [0.25, 0.3) is 5.91 Å². The van der Waals surface area contributed by atoms with Crippen LogP contribution in [0.3, 0.4) is 0 Å². The summed E-state index contributed by atoms with van der Waals surface area (Å²) in [6, 6.07) is 18.9. The quantitative estimate of drug-likeness (QED) is 0.645. The molecule has 0 aliphatic carbocycles. The normalized spacial score (nSPS) is 16.5. The van der Waals surface area contributed by atoms with Crippen LogP contribution in [0.25, 0.3) is 10.6 Å². The Hall–Kier alpha value is -2.66. The summed E-state index contributed by atoms with van der Waals surface area (Å²) >= 11 is 1.53. The van der Waals surface area contributed by atoms with Gasteiger partial charge in [-0.2, -0.15) is 0 Å². The summed E-state index contributed by atoms with van der Waals surface area (Å²) in [6.45, 7) is 5.85. The van der Waals surface area contributed by atoms with Gasteiger partial charge in [-0.05, 0) is 30.0 Å². The summed E-state index contributed by atoms with van der Waals surface area (Å²) in [5.41, 5.74) is 4.03. The van der Waals surface area contributed by atoms with Crippen LogP contribution < -0.4 is 5.32 Å². The summed E-state index contributed by atoms with van der Waals surface area (Å²) in [4.78, 5) is 19.4. The van der Waals surface area contributed by atoms with Gasteiger partial charge in [0.1, 0.15) is 10.7 Å². The zero-order chi connectivity index (χ0) is 19.5. The molecule has 1 aliphatic heterocycles. The highest BCUT2D eigenvalue weighted by Crippen LogP contribution is 2.27. The van der Waals surface area contributed by atoms with E-state index in [2.05, 4.69) is 60.5 Å². The molecule has 0 radical (unpaired) electrons. The van der Waals surface area contributed by atoms with Crippen molar-refractivity contribution in [3.05, 3.63) is 71.2 Å². The van der Waals surface area contributed by atoms with Crippen molar-refractivity contribution in [2.45, 2.75) is 32.2 Å². The van der Waals surface area contributed by atoms with E-state index < -0.39 is 0 Å². The van der Waals surface area contributed by atoms with E-state index in [1.807, 2.05) is 28.5 Å². The van der Waals surface area contributed by atoms with E-state index >= 15 is 0 Å². The first kappa shape index (κ1) is 18.7. The summed E-state index contributed by atoms with van der Waals surface area (Å²) in [5, 5.41) is 6.29. The van der Waals surface area contributed by atoms with E-state index in [0.29, 0.717) is 18.2 Å². The Morgan fingerprint density at radius 2 is 1.89 bits per heavy atom. The molecule has 28 heavy (non-hydrogen) atoms. The first-order valence-corrected chi connectivity index (χ1v) is 10.6. The summed E-state index contributed by atoms with van der Waals surface area (Å²) in [5.74, 6) is 0.536. The van der Waals surface area contributed by atoms with E-state index in [9.17, 15) is 4.79 Å². The fraction of sp³-hybridized carbons (Fsp3) is 0.304. The minimum atomic E-state index is 0.0265. The highest BCUT2D eigenvalue weighted by molar-refractivity contribution is 7.13. The molecule has 2 heterocycles. The van der Waals surface area contributed by atoms with Crippen molar-refractivity contribution >= 4 is 22.9 Å². The maximum atomic E-state index is 12.9. The molecule has 1 unspecified atom stereocenters. The molecule has 3 aromatic rings. The lowest BCUT2D eigenvalue weighted by atomic mass is 10.0. The standard InChI is InChI=1S/C23H25N3OS/c1-16(2)17-8-10-18(11-9-17)22-25-21(15-28-22)23(27)26-13-12-20(14-26)24-19-6-4-3-5-7-19/h3-11,15-16,20,24H,12-14H2,1-2H3. The van der Waals surface area contributed by atoms with E-state index in [0.717, 1.165) is 29.2 Å². The number of nitrogens with one attached hydrogen (secondary N) is 1. The van der Waals surface area contributed by atoms with Gasteiger partial charge in [0.2, 0.25) is 0 Å². The molecule has 0 saturated carbocycles. The van der Waals surface area contributed by atoms with Gasteiger partial charge in [0.05, 0.1) is 0 Å². The van der Waals surface area contributed by atoms with Gasteiger partial charge in [-0.3, -0.25) is 4.79 Å². The van der Waals surface area contributed by atoms with Gasteiger partial charge >= 0.3 is 0 Å². The smallest absolute Gasteiger partial charge is 0.273 e. The Kier molecular flexibility index (Phi) is 5.44. The zero-order valence-electron chi connectivity index (χ0n) is 16.3. The van der Waals surface area contributed by atoms with Crippen molar-refractivity contribution in [1.29, 1.82) is 0 Å². The van der Waals surface area contributed by atoms with Gasteiger partial charge in [0.15, 0.2) is 0 Å². The predicted molar refractivity (Wildman–Crippen MR) is 116 cm³/mol. The second-order valence-corrected chi connectivity index (χ2v) is 8.42. The number of aromatic nitrogens is 1. The van der Waals surface area contributed by atoms with Gasteiger partial charge in [0, 0.05) is 35.8 Å². The van der Waals surface area contributed by atoms with Crippen LogP contribution in [0.15, 0.2) is 60.0 Å². The van der Waals surface area contributed by atoms with Crippen molar-refractivity contribution in [2.24, 2.45) is 0 Å². The number of rotatable bonds is 5. The molecule has 1 amide bonds. The Labute approximate surface area is 170 Å². The lowest BCUT2D eigenvalue weighted by Crippen LogP contribution is -2.31. The van der Waals surface area contributed by atoms with Crippen LogP contribution in [0.5, 0.6) is 0 Å².